The van der Waals surface area contributed by atoms with Crippen molar-refractivity contribution in [3.63, 3.8) is 0 Å². The van der Waals surface area contributed by atoms with Gasteiger partial charge in [0.15, 0.2) is 0 Å². The van der Waals surface area contributed by atoms with Crippen LogP contribution in [0.2, 0.25) is 0 Å². The quantitative estimate of drug-likeness (QED) is 0.744. The predicted octanol–water partition coefficient (Wildman–Crippen LogP) is 2.32. The fourth-order valence-electron chi connectivity index (χ4n) is 4.06. The number of hydrogen-bond acceptors (Lipinski definition) is 5. The average molecular weight is 458 g/mol. The van der Waals surface area contributed by atoms with Gasteiger partial charge in [-0.05, 0) is 61.2 Å². The Kier molecular flexibility index (Phi) is 6.59. The topological polar surface area (TPSA) is 96.0 Å². The minimum absolute atomic E-state index is 0.130. The molecule has 32 heavy (non-hydrogen) atoms. The summed E-state index contributed by atoms with van der Waals surface area (Å²) in [7, 11) is -3.64. The normalized spacial score (nSPS) is 17.5. The number of amides is 2. The van der Waals surface area contributed by atoms with E-state index in [2.05, 4.69) is 5.32 Å². The third kappa shape index (κ3) is 4.85. The first kappa shape index (κ1) is 22.4. The van der Waals surface area contributed by atoms with Crippen molar-refractivity contribution in [2.75, 3.05) is 43.1 Å². The van der Waals surface area contributed by atoms with Crippen LogP contribution in [0.4, 0.5) is 11.4 Å². The van der Waals surface area contributed by atoms with E-state index < -0.39 is 10.0 Å². The molecule has 2 aromatic carbocycles. The first-order valence-electron chi connectivity index (χ1n) is 10.7. The van der Waals surface area contributed by atoms with Crippen LogP contribution in [0.25, 0.3) is 0 Å². The van der Waals surface area contributed by atoms with Crippen LogP contribution in [-0.2, 0) is 30.8 Å². The molecule has 2 aliphatic heterocycles. The van der Waals surface area contributed by atoms with Crippen LogP contribution in [-0.4, -0.2) is 57.4 Å². The van der Waals surface area contributed by atoms with Gasteiger partial charge in [-0.2, -0.15) is 4.31 Å². The number of ether oxygens (including phenoxy) is 1. The Bertz CT molecular complexity index is 1130. The van der Waals surface area contributed by atoms with E-state index in [9.17, 15) is 18.0 Å². The molecule has 2 amide bonds. The Labute approximate surface area is 188 Å². The summed E-state index contributed by atoms with van der Waals surface area (Å²) in [6.45, 7) is 3.21. The van der Waals surface area contributed by atoms with E-state index in [4.69, 9.17) is 4.74 Å². The van der Waals surface area contributed by atoms with Crippen LogP contribution in [0, 0.1) is 6.92 Å². The molecule has 0 radical (unpaired) electrons. The van der Waals surface area contributed by atoms with Gasteiger partial charge in [-0.3, -0.25) is 9.59 Å². The number of sulfonamides is 1. The van der Waals surface area contributed by atoms with Crippen LogP contribution in [0.15, 0.2) is 47.4 Å². The Morgan fingerprint density at radius 3 is 2.62 bits per heavy atom. The maximum atomic E-state index is 13.0. The number of benzene rings is 2. The van der Waals surface area contributed by atoms with E-state index in [1.807, 2.05) is 25.1 Å². The van der Waals surface area contributed by atoms with Gasteiger partial charge in [0.05, 0.1) is 18.1 Å². The van der Waals surface area contributed by atoms with Crippen molar-refractivity contribution in [1.29, 1.82) is 0 Å². The minimum Gasteiger partial charge on any atom is -0.379 e. The van der Waals surface area contributed by atoms with E-state index in [1.165, 1.54) is 15.3 Å². The van der Waals surface area contributed by atoms with Gasteiger partial charge in [0.2, 0.25) is 21.8 Å². The van der Waals surface area contributed by atoms with Crippen LogP contribution >= 0.6 is 0 Å². The van der Waals surface area contributed by atoms with Crippen molar-refractivity contribution < 1.29 is 22.7 Å². The smallest absolute Gasteiger partial charge is 0.244 e. The number of fused-ring (bicyclic) bond motifs is 1. The molecule has 1 saturated heterocycles. The number of carbonyl (C=O) groups is 2. The summed E-state index contributed by atoms with van der Waals surface area (Å²) in [5, 5.41) is 2.83. The number of nitrogens with zero attached hydrogens (tertiary/aromatic N) is 2. The fourth-order valence-corrected chi connectivity index (χ4v) is 5.52. The maximum Gasteiger partial charge on any atom is 0.244 e. The van der Waals surface area contributed by atoms with Crippen LogP contribution in [0.5, 0.6) is 0 Å². The van der Waals surface area contributed by atoms with Gasteiger partial charge in [0.25, 0.3) is 0 Å². The number of nitrogens with one attached hydrogen (secondary N) is 1. The number of hydrogen-bond donors (Lipinski definition) is 1. The molecule has 1 fully saturated rings. The summed E-state index contributed by atoms with van der Waals surface area (Å²) >= 11 is 0. The van der Waals surface area contributed by atoms with Gasteiger partial charge in [-0.1, -0.05) is 12.1 Å². The second-order valence-corrected chi connectivity index (χ2v) is 10.00. The molecule has 1 N–H and O–H groups in total. The predicted molar refractivity (Wildman–Crippen MR) is 121 cm³/mol. The molecule has 170 valence electrons. The summed E-state index contributed by atoms with van der Waals surface area (Å²) in [6, 6.07) is 12.3. The highest BCUT2D eigenvalue weighted by Crippen LogP contribution is 2.30. The van der Waals surface area contributed by atoms with Crippen LogP contribution in [0.1, 0.15) is 24.0 Å². The van der Waals surface area contributed by atoms with Crippen molar-refractivity contribution in [3.8, 4) is 0 Å². The number of rotatable bonds is 5. The molecular formula is C23H27N3O5S. The lowest BCUT2D eigenvalue weighted by Gasteiger charge is -2.27. The molecule has 0 unspecified atom stereocenters. The zero-order valence-corrected chi connectivity index (χ0v) is 18.9. The fraction of sp³-hybridized carbons (Fsp3) is 0.391. The highest BCUT2D eigenvalue weighted by molar-refractivity contribution is 7.89. The average Bonchev–Trinajstić information content (AvgIpc) is 2.92. The van der Waals surface area contributed by atoms with Crippen LogP contribution in [0.3, 0.4) is 0 Å². The highest BCUT2D eigenvalue weighted by atomic mass is 32.2. The molecular weight excluding hydrogens is 430 g/mol. The third-order valence-electron chi connectivity index (χ3n) is 5.69. The first-order valence-corrected chi connectivity index (χ1v) is 12.2. The van der Waals surface area contributed by atoms with Crippen LogP contribution < -0.4 is 10.2 Å². The van der Waals surface area contributed by atoms with Gasteiger partial charge in [0.1, 0.15) is 6.54 Å². The second-order valence-electron chi connectivity index (χ2n) is 8.06. The van der Waals surface area contributed by atoms with Gasteiger partial charge < -0.3 is 15.0 Å². The molecule has 0 saturated carbocycles. The summed E-state index contributed by atoms with van der Waals surface area (Å²) < 4.78 is 32.8. The molecule has 0 spiro atoms. The summed E-state index contributed by atoms with van der Waals surface area (Å²) in [6.07, 6.45) is 1.48. The number of aryl methyl sites for hydroxylation is 2. The van der Waals surface area contributed by atoms with Gasteiger partial charge in [-0.15, -0.1) is 0 Å². The Balaban J connectivity index is 1.57. The minimum atomic E-state index is -3.64. The van der Waals surface area contributed by atoms with E-state index in [1.54, 1.807) is 18.2 Å². The lowest BCUT2D eigenvalue weighted by molar-refractivity contribution is -0.121. The SMILES string of the molecule is Cc1cccc(NC(=O)CN2C(=O)CCCc3cc(S(=O)(=O)N4CCOCC4)ccc32)c1. The third-order valence-corrected chi connectivity index (χ3v) is 7.59. The molecule has 2 aromatic rings. The molecule has 2 aliphatic rings. The molecule has 0 bridgehead atoms. The maximum absolute atomic E-state index is 13.0. The first-order chi connectivity index (χ1) is 15.3. The lowest BCUT2D eigenvalue weighted by atomic mass is 10.1. The van der Waals surface area contributed by atoms with Gasteiger partial charge >= 0.3 is 0 Å². The Hall–Kier alpha value is -2.75. The standard InChI is InChI=1S/C23H27N3O5S/c1-17-4-2-6-19(14-17)24-22(27)16-26-21-9-8-20(15-18(21)5-3-7-23(26)28)32(29,30)25-10-12-31-13-11-25/h2,4,6,8-9,14-15H,3,5,7,10-13,16H2,1H3,(H,24,27). The van der Waals surface area contributed by atoms with Crippen molar-refractivity contribution in [2.24, 2.45) is 0 Å². The molecule has 4 rings (SSSR count). The highest BCUT2D eigenvalue weighted by Gasteiger charge is 2.29. The van der Waals surface area contributed by atoms with Crippen molar-refractivity contribution in [3.05, 3.63) is 53.6 Å². The summed E-state index contributed by atoms with van der Waals surface area (Å²) in [4.78, 5) is 27.1. The molecule has 0 aromatic heterocycles. The van der Waals surface area contributed by atoms with E-state index in [0.717, 1.165) is 11.1 Å². The molecule has 8 nitrogen and oxygen atoms in total. The molecule has 2 heterocycles. The number of morpholine rings is 1. The molecule has 0 atom stereocenters. The number of anilines is 2. The van der Waals surface area contributed by atoms with E-state index in [-0.39, 0.29) is 23.3 Å². The Morgan fingerprint density at radius 1 is 1.09 bits per heavy atom. The number of carbonyl (C=O) groups excluding carboxylic acids is 2. The van der Waals surface area contributed by atoms with Crippen molar-refractivity contribution in [1.82, 2.24) is 4.31 Å². The van der Waals surface area contributed by atoms with Crippen molar-refractivity contribution in [2.45, 2.75) is 31.1 Å². The monoisotopic (exact) mass is 457 g/mol. The molecule has 9 heteroatoms. The summed E-state index contributed by atoms with van der Waals surface area (Å²) in [5.41, 5.74) is 3.04. The van der Waals surface area contributed by atoms with E-state index >= 15 is 0 Å². The lowest BCUT2D eigenvalue weighted by Crippen LogP contribution is -2.40. The molecule has 0 aliphatic carbocycles. The largest absolute Gasteiger partial charge is 0.379 e. The van der Waals surface area contributed by atoms with Crippen molar-refractivity contribution >= 4 is 33.2 Å². The van der Waals surface area contributed by atoms with E-state index in [0.29, 0.717) is 56.9 Å². The van der Waals surface area contributed by atoms with Gasteiger partial charge in [-0.25, -0.2) is 8.42 Å². The second kappa shape index (κ2) is 9.40. The Morgan fingerprint density at radius 2 is 1.88 bits per heavy atom. The zero-order valence-electron chi connectivity index (χ0n) is 18.0. The summed E-state index contributed by atoms with van der Waals surface area (Å²) in [5.74, 6) is -0.450. The zero-order chi connectivity index (χ0) is 22.7. The van der Waals surface area contributed by atoms with Gasteiger partial charge in [0, 0.05) is 30.9 Å².